The molecule has 19 heavy (non-hydrogen) atoms. The van der Waals surface area contributed by atoms with Crippen LogP contribution < -0.4 is 4.78 Å². The van der Waals surface area contributed by atoms with Crippen LogP contribution in [-0.4, -0.2) is 38.5 Å². The number of ether oxygens (including phenoxy) is 1. The van der Waals surface area contributed by atoms with Crippen LogP contribution in [0.1, 0.15) is 37.6 Å². The van der Waals surface area contributed by atoms with Crippen molar-refractivity contribution in [3.63, 3.8) is 0 Å². The van der Waals surface area contributed by atoms with E-state index in [-0.39, 0.29) is 12.5 Å². The fraction of sp³-hybridized carbons (Fsp3) is 0.769. The van der Waals surface area contributed by atoms with Crippen LogP contribution in [0.4, 0.5) is 0 Å². The first-order valence-electron chi connectivity index (χ1n) is 6.91. The summed E-state index contributed by atoms with van der Waals surface area (Å²) >= 11 is 1.70. The Morgan fingerprint density at radius 2 is 2.16 bits per heavy atom. The van der Waals surface area contributed by atoms with Gasteiger partial charge in [-0.15, -0.1) is 11.3 Å². The van der Waals surface area contributed by atoms with Crippen molar-refractivity contribution in [1.82, 2.24) is 4.98 Å². The van der Waals surface area contributed by atoms with Crippen LogP contribution in [0, 0.1) is 5.41 Å². The fourth-order valence-corrected chi connectivity index (χ4v) is 3.43. The highest BCUT2D eigenvalue weighted by Gasteiger charge is 2.35. The van der Waals surface area contributed by atoms with Gasteiger partial charge in [-0.05, 0) is 12.8 Å². The molecule has 6 heteroatoms. The molecule has 3 heterocycles. The van der Waals surface area contributed by atoms with Crippen LogP contribution >= 0.6 is 11.3 Å². The lowest BCUT2D eigenvalue weighted by Crippen LogP contribution is -2.46. The van der Waals surface area contributed by atoms with Gasteiger partial charge in [0.2, 0.25) is 0 Å². The van der Waals surface area contributed by atoms with Crippen molar-refractivity contribution in [2.75, 3.05) is 26.4 Å². The summed E-state index contributed by atoms with van der Waals surface area (Å²) in [5, 5.41) is 1.16. The highest BCUT2D eigenvalue weighted by atomic mass is 32.1. The molecule has 0 spiro atoms. The zero-order chi connectivity index (χ0) is 13.3. The molecule has 104 valence electrons. The quantitative estimate of drug-likeness (QED) is 0.775. The standard InChI is InChI=1S/C13H20BNO3S/c1-13(2)8-17-14(18-9-13)11-6-15-12(19-11)10-4-3-5-16-7-10/h6,10H,3-5,7-9H2,1-2H3. The van der Waals surface area contributed by atoms with Gasteiger partial charge in [0.25, 0.3) is 0 Å². The monoisotopic (exact) mass is 281 g/mol. The lowest BCUT2D eigenvalue weighted by molar-refractivity contribution is 0.0346. The van der Waals surface area contributed by atoms with Crippen molar-refractivity contribution >= 4 is 23.2 Å². The molecule has 0 aromatic carbocycles. The average molecular weight is 281 g/mol. The van der Waals surface area contributed by atoms with Gasteiger partial charge in [-0.25, -0.2) is 4.98 Å². The second kappa shape index (κ2) is 5.52. The van der Waals surface area contributed by atoms with E-state index in [1.807, 2.05) is 6.20 Å². The molecule has 1 atom stereocenters. The van der Waals surface area contributed by atoms with E-state index in [0.29, 0.717) is 5.92 Å². The second-order valence-electron chi connectivity index (χ2n) is 6.13. The molecule has 2 fully saturated rings. The van der Waals surface area contributed by atoms with E-state index in [4.69, 9.17) is 14.0 Å². The SMILES string of the molecule is CC1(C)COB(c2cnc(C3CCCOC3)s2)OC1. The molecule has 0 N–H and O–H groups in total. The summed E-state index contributed by atoms with van der Waals surface area (Å²) in [6, 6.07) is 0. The van der Waals surface area contributed by atoms with Crippen molar-refractivity contribution in [3.8, 4) is 0 Å². The molecule has 0 aliphatic carbocycles. The Bertz CT molecular complexity index is 421. The fourth-order valence-electron chi connectivity index (χ4n) is 2.39. The summed E-state index contributed by atoms with van der Waals surface area (Å²) in [4.78, 5) is 4.53. The Balaban J connectivity index is 1.64. The molecule has 3 rings (SSSR count). The number of aromatic nitrogens is 1. The molecule has 4 nitrogen and oxygen atoms in total. The third kappa shape index (κ3) is 3.19. The summed E-state index contributed by atoms with van der Waals surface area (Å²) < 4.78 is 18.2. The van der Waals surface area contributed by atoms with Crippen LogP contribution in [0.2, 0.25) is 0 Å². The van der Waals surface area contributed by atoms with E-state index in [2.05, 4.69) is 18.8 Å². The number of hydrogen-bond acceptors (Lipinski definition) is 5. The highest BCUT2D eigenvalue weighted by Crippen LogP contribution is 2.27. The van der Waals surface area contributed by atoms with Crippen molar-refractivity contribution in [3.05, 3.63) is 11.2 Å². The third-order valence-electron chi connectivity index (χ3n) is 3.53. The van der Waals surface area contributed by atoms with Crippen LogP contribution in [0.5, 0.6) is 0 Å². The number of nitrogens with zero attached hydrogens (tertiary/aromatic N) is 1. The lowest BCUT2D eigenvalue weighted by atomic mass is 9.83. The van der Waals surface area contributed by atoms with Crippen molar-refractivity contribution < 1.29 is 14.0 Å². The van der Waals surface area contributed by atoms with Gasteiger partial charge in [0.05, 0.1) is 16.4 Å². The molecule has 2 saturated heterocycles. The smallest absolute Gasteiger partial charge is 0.406 e. The van der Waals surface area contributed by atoms with Gasteiger partial charge in [-0.2, -0.15) is 0 Å². The largest absolute Gasteiger partial charge is 0.506 e. The molecule has 2 aliphatic heterocycles. The van der Waals surface area contributed by atoms with Gasteiger partial charge in [-0.1, -0.05) is 13.8 Å². The summed E-state index contributed by atoms with van der Waals surface area (Å²) in [6.45, 7) is 7.46. The Morgan fingerprint density at radius 3 is 2.84 bits per heavy atom. The zero-order valence-corrected chi connectivity index (χ0v) is 12.4. The van der Waals surface area contributed by atoms with Gasteiger partial charge in [0, 0.05) is 37.4 Å². The van der Waals surface area contributed by atoms with Gasteiger partial charge >= 0.3 is 7.12 Å². The Labute approximate surface area is 118 Å². The molecule has 0 amide bonds. The maximum atomic E-state index is 5.80. The zero-order valence-electron chi connectivity index (χ0n) is 11.6. The van der Waals surface area contributed by atoms with E-state index in [1.54, 1.807) is 11.3 Å². The lowest BCUT2D eigenvalue weighted by Gasteiger charge is -2.32. The Kier molecular flexibility index (Phi) is 3.94. The Morgan fingerprint density at radius 1 is 1.37 bits per heavy atom. The number of thiazole rings is 1. The van der Waals surface area contributed by atoms with Gasteiger partial charge in [0.1, 0.15) is 0 Å². The van der Waals surface area contributed by atoms with E-state index < -0.39 is 0 Å². The van der Waals surface area contributed by atoms with Gasteiger partial charge in [0.15, 0.2) is 0 Å². The molecule has 0 radical (unpaired) electrons. The van der Waals surface area contributed by atoms with Crippen LogP contribution in [0.25, 0.3) is 0 Å². The maximum absolute atomic E-state index is 5.80. The molecular weight excluding hydrogens is 261 g/mol. The summed E-state index contributed by atoms with van der Waals surface area (Å²) in [7, 11) is -0.233. The maximum Gasteiger partial charge on any atom is 0.506 e. The van der Waals surface area contributed by atoms with Crippen LogP contribution in [0.15, 0.2) is 6.20 Å². The third-order valence-corrected chi connectivity index (χ3v) is 4.72. The molecular formula is C13H20BNO3S. The molecule has 0 saturated carbocycles. The normalized spacial score (nSPS) is 27.5. The Hall–Kier alpha value is -0.425. The van der Waals surface area contributed by atoms with E-state index in [9.17, 15) is 0 Å². The molecule has 0 bridgehead atoms. The van der Waals surface area contributed by atoms with E-state index in [1.165, 1.54) is 6.42 Å². The van der Waals surface area contributed by atoms with Crippen molar-refractivity contribution in [2.45, 2.75) is 32.6 Å². The predicted octanol–water partition coefficient (Wildman–Crippen LogP) is 1.81. The first-order chi connectivity index (χ1) is 9.14. The van der Waals surface area contributed by atoms with Crippen molar-refractivity contribution in [2.24, 2.45) is 5.41 Å². The predicted molar refractivity (Wildman–Crippen MR) is 76.0 cm³/mol. The van der Waals surface area contributed by atoms with Gasteiger partial charge in [-0.3, -0.25) is 0 Å². The summed E-state index contributed by atoms with van der Waals surface area (Å²) in [6.07, 6.45) is 4.20. The number of rotatable bonds is 2. The number of hydrogen-bond donors (Lipinski definition) is 0. The van der Waals surface area contributed by atoms with Crippen LogP contribution in [-0.2, 0) is 14.0 Å². The first-order valence-corrected chi connectivity index (χ1v) is 7.72. The minimum Gasteiger partial charge on any atom is -0.406 e. The molecule has 2 aliphatic rings. The minimum atomic E-state index is -0.233. The minimum absolute atomic E-state index is 0.112. The van der Waals surface area contributed by atoms with E-state index >= 15 is 0 Å². The second-order valence-corrected chi connectivity index (χ2v) is 7.23. The molecule has 1 aromatic rings. The van der Waals surface area contributed by atoms with E-state index in [0.717, 1.165) is 42.6 Å². The van der Waals surface area contributed by atoms with Crippen LogP contribution in [0.3, 0.4) is 0 Å². The topological polar surface area (TPSA) is 40.6 Å². The highest BCUT2D eigenvalue weighted by molar-refractivity contribution is 7.22. The first kappa shape index (κ1) is 13.6. The summed E-state index contributed by atoms with van der Waals surface area (Å²) in [5.41, 5.74) is 0.112. The molecule has 1 aromatic heterocycles. The average Bonchev–Trinajstić information content (AvgIpc) is 2.89. The molecule has 1 unspecified atom stereocenters. The van der Waals surface area contributed by atoms with Gasteiger partial charge < -0.3 is 14.0 Å². The van der Waals surface area contributed by atoms with Crippen molar-refractivity contribution in [1.29, 1.82) is 0 Å². The summed E-state index contributed by atoms with van der Waals surface area (Å²) in [5.74, 6) is 0.451.